The minimum Gasteiger partial charge on any atom is -0.376 e. The Hall–Kier alpha value is -1.47. The van der Waals surface area contributed by atoms with Crippen LogP contribution in [0.1, 0.15) is 10.5 Å². The number of aliphatic hydroxyl groups is 1. The number of phosphoric acid groups is 2. The number of hydrogen-bond acceptors (Lipinski definition) is 9. The molecule has 0 radical (unpaired) electrons. The summed E-state index contributed by atoms with van der Waals surface area (Å²) in [5, 5.41) is 11.5. The Balaban J connectivity index is 0.000000257. The highest BCUT2D eigenvalue weighted by atomic mass is 31.3. The first-order valence-electron chi connectivity index (χ1n) is 5.52. The summed E-state index contributed by atoms with van der Waals surface area (Å²) in [6.45, 7) is -0.326. The molecule has 8 N–H and O–H groups in total. The van der Waals surface area contributed by atoms with Gasteiger partial charge in [0.05, 0.1) is 0 Å². The third kappa shape index (κ3) is 6.27. The second-order valence-electron chi connectivity index (χ2n) is 3.82. The van der Waals surface area contributed by atoms with Gasteiger partial charge in [0.25, 0.3) is 5.91 Å². The van der Waals surface area contributed by atoms with Gasteiger partial charge in [0.2, 0.25) is 0 Å². The lowest BCUT2D eigenvalue weighted by Crippen LogP contribution is -2.58. The van der Waals surface area contributed by atoms with Crippen LogP contribution in [0.3, 0.4) is 0 Å². The maximum absolute atomic E-state index is 11.4. The van der Waals surface area contributed by atoms with E-state index in [1.54, 1.807) is 0 Å². The van der Waals surface area contributed by atoms with Crippen LogP contribution in [-0.4, -0.2) is 53.6 Å². The number of nitrogens with one attached hydrogen (secondary N) is 1. The molecule has 1 aliphatic rings. The van der Waals surface area contributed by atoms with Crippen LogP contribution in [0.2, 0.25) is 0 Å². The number of carbonyl (C=O) groups excluding carboxylic acids is 1. The van der Waals surface area contributed by atoms with Gasteiger partial charge in [0.1, 0.15) is 6.73 Å². The van der Waals surface area contributed by atoms with E-state index in [0.29, 0.717) is 5.82 Å². The van der Waals surface area contributed by atoms with Gasteiger partial charge in [-0.25, -0.2) is 19.1 Å². The summed E-state index contributed by atoms with van der Waals surface area (Å²) in [5.74, 6) is -0.0865. The van der Waals surface area contributed by atoms with Crippen LogP contribution in [0.25, 0.3) is 0 Å². The summed E-state index contributed by atoms with van der Waals surface area (Å²) in [7, 11) is -10.1. The lowest BCUT2D eigenvalue weighted by molar-refractivity contribution is 0.0913. The number of rotatable bonds is 3. The van der Waals surface area contributed by atoms with Crippen molar-refractivity contribution in [1.29, 1.82) is 0 Å². The zero-order chi connectivity index (χ0) is 17.8. The molecule has 0 spiro atoms. The van der Waals surface area contributed by atoms with Gasteiger partial charge in [0, 0.05) is 12.4 Å². The second kappa shape index (κ2) is 7.40. The summed E-state index contributed by atoms with van der Waals surface area (Å²) < 4.78 is 22.2. The van der Waals surface area contributed by atoms with Gasteiger partial charge in [0.15, 0.2) is 17.8 Å². The van der Waals surface area contributed by atoms with Crippen molar-refractivity contribution in [2.45, 2.75) is 6.29 Å². The molecule has 16 heteroatoms. The largest absolute Gasteiger partial charge is 0.478 e. The standard InChI is InChI=1S/C7H9N5O2.H4O7P2/c8-7-11-6(14)4-5(12(7)3-13)10-2-1-9-4;1-8(2,3)7-9(4,5)6/h1-2,7,13H,3,8H2,(H,11,14);(H2,1,2,3)(H2,4,5,6). The van der Waals surface area contributed by atoms with Crippen LogP contribution in [0.5, 0.6) is 0 Å². The maximum atomic E-state index is 11.4. The van der Waals surface area contributed by atoms with Crippen LogP contribution in [-0.2, 0) is 13.4 Å². The Morgan fingerprint density at radius 3 is 2.17 bits per heavy atom. The Labute approximate surface area is 128 Å². The first-order chi connectivity index (χ1) is 10.4. The fourth-order valence-electron chi connectivity index (χ4n) is 1.41. The zero-order valence-corrected chi connectivity index (χ0v) is 12.9. The van der Waals surface area contributed by atoms with Crippen molar-refractivity contribution >= 4 is 27.4 Å². The summed E-state index contributed by atoms with van der Waals surface area (Å²) in [5.41, 5.74) is 5.73. The van der Waals surface area contributed by atoms with Crippen molar-refractivity contribution < 1.29 is 42.9 Å². The van der Waals surface area contributed by atoms with E-state index < -0.39 is 21.9 Å². The lowest BCUT2D eigenvalue weighted by Gasteiger charge is -2.32. The van der Waals surface area contributed by atoms with Gasteiger partial charge in [-0.05, 0) is 0 Å². The van der Waals surface area contributed by atoms with Crippen molar-refractivity contribution in [2.75, 3.05) is 11.6 Å². The third-order valence-corrected chi connectivity index (χ3v) is 3.85. The van der Waals surface area contributed by atoms with E-state index in [0.717, 1.165) is 0 Å². The van der Waals surface area contributed by atoms with E-state index >= 15 is 0 Å². The number of aromatic nitrogens is 2. The first-order valence-corrected chi connectivity index (χ1v) is 8.58. The predicted octanol–water partition coefficient (Wildman–Crippen LogP) is -2.59. The molecule has 130 valence electrons. The number of amides is 1. The van der Waals surface area contributed by atoms with Crippen LogP contribution >= 0.6 is 15.6 Å². The first kappa shape index (κ1) is 19.6. The van der Waals surface area contributed by atoms with Gasteiger partial charge in [-0.15, -0.1) is 0 Å². The van der Waals surface area contributed by atoms with Crippen LogP contribution < -0.4 is 16.0 Å². The summed E-state index contributed by atoms with van der Waals surface area (Å²) in [6, 6.07) is 0. The molecule has 1 aromatic rings. The number of carbonyl (C=O) groups is 1. The zero-order valence-electron chi connectivity index (χ0n) is 11.1. The van der Waals surface area contributed by atoms with E-state index in [-0.39, 0.29) is 18.3 Å². The van der Waals surface area contributed by atoms with E-state index in [4.69, 9.17) is 30.4 Å². The second-order valence-corrected chi connectivity index (χ2v) is 6.44. The molecule has 1 aliphatic heterocycles. The normalized spacial score (nSPS) is 17.7. The maximum Gasteiger partial charge on any atom is 0.478 e. The minimum atomic E-state index is -5.05. The van der Waals surface area contributed by atoms with Crippen molar-refractivity contribution in [1.82, 2.24) is 15.3 Å². The molecular weight excluding hydrogens is 360 g/mol. The molecule has 0 saturated carbocycles. The molecule has 2 heterocycles. The molecule has 0 bridgehead atoms. The fraction of sp³-hybridized carbons (Fsp3) is 0.286. The molecule has 0 fully saturated rings. The molecule has 23 heavy (non-hydrogen) atoms. The van der Waals surface area contributed by atoms with E-state index in [1.807, 2.05) is 0 Å². The average molecular weight is 373 g/mol. The lowest BCUT2D eigenvalue weighted by atomic mass is 10.3. The van der Waals surface area contributed by atoms with E-state index in [9.17, 15) is 13.9 Å². The molecule has 1 unspecified atom stereocenters. The molecular formula is C7H13N5O9P2. The highest BCUT2D eigenvalue weighted by Gasteiger charge is 2.30. The fourth-order valence-corrected chi connectivity index (χ4v) is 2.52. The molecule has 1 atom stereocenters. The topological polar surface area (TPSA) is 229 Å². The van der Waals surface area contributed by atoms with Gasteiger partial charge in [-0.1, -0.05) is 0 Å². The Bertz CT molecular complexity index is 639. The Morgan fingerprint density at radius 1 is 1.22 bits per heavy atom. The molecule has 1 amide bonds. The van der Waals surface area contributed by atoms with Gasteiger partial charge < -0.3 is 30.0 Å². The van der Waals surface area contributed by atoms with Crippen molar-refractivity contribution in [3.63, 3.8) is 0 Å². The monoisotopic (exact) mass is 373 g/mol. The Kier molecular flexibility index (Phi) is 6.30. The molecule has 0 aromatic carbocycles. The number of nitrogens with zero attached hydrogens (tertiary/aromatic N) is 3. The van der Waals surface area contributed by atoms with Crippen molar-refractivity contribution in [2.24, 2.45) is 5.73 Å². The van der Waals surface area contributed by atoms with Crippen LogP contribution in [0.4, 0.5) is 5.82 Å². The molecule has 2 rings (SSSR count). The summed E-state index contributed by atoms with van der Waals surface area (Å²) >= 11 is 0. The van der Waals surface area contributed by atoms with Crippen molar-refractivity contribution in [3.8, 4) is 0 Å². The number of hydrogen-bond donors (Lipinski definition) is 7. The van der Waals surface area contributed by atoms with Crippen molar-refractivity contribution in [3.05, 3.63) is 18.1 Å². The van der Waals surface area contributed by atoms with E-state index in [2.05, 4.69) is 19.6 Å². The highest BCUT2D eigenvalue weighted by Crippen LogP contribution is 2.53. The minimum absolute atomic E-state index is 0.170. The SMILES string of the molecule is NC1NC(=O)c2nccnc2N1CO.O=P(O)(O)OP(=O)(O)O. The summed E-state index contributed by atoms with van der Waals surface area (Å²) in [4.78, 5) is 51.5. The molecule has 14 nitrogen and oxygen atoms in total. The number of anilines is 1. The molecule has 0 saturated heterocycles. The number of fused-ring (bicyclic) bond motifs is 1. The number of aliphatic hydroxyl groups excluding tert-OH is 1. The van der Waals surface area contributed by atoms with Crippen LogP contribution in [0.15, 0.2) is 12.4 Å². The molecule has 1 aromatic heterocycles. The average Bonchev–Trinajstić information content (AvgIpc) is 2.35. The van der Waals surface area contributed by atoms with Gasteiger partial charge in [-0.3, -0.25) is 15.4 Å². The highest BCUT2D eigenvalue weighted by molar-refractivity contribution is 7.60. The van der Waals surface area contributed by atoms with E-state index in [1.165, 1.54) is 17.3 Å². The summed E-state index contributed by atoms with van der Waals surface area (Å²) in [6.07, 6.45) is 2.08. The van der Waals surface area contributed by atoms with Crippen LogP contribution in [0, 0.1) is 0 Å². The smallest absolute Gasteiger partial charge is 0.376 e. The quantitative estimate of drug-likeness (QED) is 0.270. The van der Waals surface area contributed by atoms with Gasteiger partial charge in [-0.2, -0.15) is 4.31 Å². The Morgan fingerprint density at radius 2 is 1.74 bits per heavy atom. The molecule has 0 aliphatic carbocycles. The van der Waals surface area contributed by atoms with Gasteiger partial charge >= 0.3 is 15.6 Å². The predicted molar refractivity (Wildman–Crippen MR) is 72.2 cm³/mol. The number of nitrogens with two attached hydrogens (primary N) is 1. The third-order valence-electron chi connectivity index (χ3n) is 2.15.